The molecule has 1 rings (SSSR count). The van der Waals surface area contributed by atoms with Gasteiger partial charge in [-0.05, 0) is 24.4 Å². The smallest absolute Gasteiger partial charge is 0.345 e. The highest BCUT2D eigenvalue weighted by Gasteiger charge is 2.08. The van der Waals surface area contributed by atoms with Crippen molar-refractivity contribution in [2.75, 3.05) is 0 Å². The molecule has 0 saturated heterocycles. The topological polar surface area (TPSA) is 89.3 Å². The van der Waals surface area contributed by atoms with Crippen molar-refractivity contribution in [2.45, 2.75) is 0 Å². The van der Waals surface area contributed by atoms with E-state index in [4.69, 9.17) is 16.6 Å². The van der Waals surface area contributed by atoms with Crippen LogP contribution in [0.15, 0.2) is 30.6 Å². The Morgan fingerprint density at radius 3 is 2.43 bits per heavy atom. The number of aromatic carboxylic acids is 1. The number of carboxylic acids is 1. The van der Waals surface area contributed by atoms with Gasteiger partial charge in [0.2, 0.25) is 0 Å². The number of carboxylic acid groups (broad SMARTS) is 1. The largest absolute Gasteiger partial charge is 0.477 e. The molecule has 1 aromatic rings. The third kappa shape index (κ3) is 2.14. The number of nitrogens with two attached hydrogens (primary N) is 2. The third-order valence-electron chi connectivity index (χ3n) is 1.56. The van der Waals surface area contributed by atoms with Gasteiger partial charge in [0.05, 0.1) is 0 Å². The zero-order chi connectivity index (χ0) is 10.6. The van der Waals surface area contributed by atoms with Crippen LogP contribution in [0.2, 0.25) is 0 Å². The quantitative estimate of drug-likeness (QED) is 0.654. The van der Waals surface area contributed by atoms with Gasteiger partial charge in [0.15, 0.2) is 0 Å². The van der Waals surface area contributed by atoms with Gasteiger partial charge in [0, 0.05) is 16.7 Å². The zero-order valence-corrected chi connectivity index (χ0v) is 8.12. The Morgan fingerprint density at radius 2 is 2.00 bits per heavy atom. The van der Waals surface area contributed by atoms with Crippen LogP contribution in [0.25, 0.3) is 5.57 Å². The van der Waals surface area contributed by atoms with Crippen LogP contribution < -0.4 is 11.5 Å². The number of hydrogen-bond acceptors (Lipinski definition) is 4. The first-order valence-corrected chi connectivity index (χ1v) is 4.64. The first-order chi connectivity index (χ1) is 6.69. The fourth-order valence-electron chi connectivity index (χ4n) is 0.931. The maximum Gasteiger partial charge on any atom is 0.345 e. The van der Waals surface area contributed by atoms with Gasteiger partial charge in [0.25, 0.3) is 0 Å². The van der Waals surface area contributed by atoms with Crippen molar-refractivity contribution in [2.24, 2.45) is 11.5 Å². The molecule has 0 aliphatic rings. The lowest BCUT2D eigenvalue weighted by Gasteiger charge is -1.94. The Labute approximate surface area is 85.2 Å². The summed E-state index contributed by atoms with van der Waals surface area (Å²) in [5, 5.41) is 8.70. The fraction of sp³-hybridized carbons (Fsp3) is 0. The van der Waals surface area contributed by atoms with Crippen LogP contribution in [-0.2, 0) is 0 Å². The summed E-state index contributed by atoms with van der Waals surface area (Å²) in [5.74, 6) is -0.936. The zero-order valence-electron chi connectivity index (χ0n) is 7.31. The lowest BCUT2D eigenvalue weighted by atomic mass is 10.2. The van der Waals surface area contributed by atoms with Gasteiger partial charge in [-0.1, -0.05) is 0 Å². The van der Waals surface area contributed by atoms with Gasteiger partial charge < -0.3 is 16.6 Å². The van der Waals surface area contributed by atoms with Crippen molar-refractivity contribution >= 4 is 22.9 Å². The second kappa shape index (κ2) is 4.48. The molecule has 0 atom stereocenters. The standard InChI is InChI=1S/C9H10N2O2S/c10-4-3-6(5-11)7-1-2-8(14-7)9(12)13/h1-5H,10-11H2,(H,12,13)/b4-3-,6-5+. The molecule has 5 heteroatoms. The summed E-state index contributed by atoms with van der Waals surface area (Å²) in [4.78, 5) is 11.7. The van der Waals surface area contributed by atoms with Crippen molar-refractivity contribution < 1.29 is 9.90 Å². The van der Waals surface area contributed by atoms with Crippen LogP contribution in [-0.4, -0.2) is 11.1 Å². The van der Waals surface area contributed by atoms with Crippen LogP contribution in [0.4, 0.5) is 0 Å². The summed E-state index contributed by atoms with van der Waals surface area (Å²) in [6.45, 7) is 0. The highest BCUT2D eigenvalue weighted by Crippen LogP contribution is 2.24. The Hall–Kier alpha value is -1.75. The monoisotopic (exact) mass is 210 g/mol. The van der Waals surface area contributed by atoms with Crippen LogP contribution in [0.5, 0.6) is 0 Å². The molecule has 0 radical (unpaired) electrons. The van der Waals surface area contributed by atoms with Crippen LogP contribution in [0.1, 0.15) is 14.5 Å². The van der Waals surface area contributed by atoms with Crippen molar-refractivity contribution in [1.29, 1.82) is 0 Å². The molecule has 5 N–H and O–H groups in total. The number of rotatable bonds is 3. The number of carbonyl (C=O) groups is 1. The van der Waals surface area contributed by atoms with Gasteiger partial charge >= 0.3 is 5.97 Å². The maximum atomic E-state index is 10.6. The molecule has 74 valence electrons. The number of hydrogen-bond donors (Lipinski definition) is 3. The SMILES string of the molecule is N/C=C\C(=C/N)c1ccc(C(=O)O)s1. The molecule has 1 aromatic heterocycles. The average Bonchev–Trinajstić information content (AvgIpc) is 2.63. The Bertz CT molecular complexity index is 393. The molecule has 0 bridgehead atoms. The lowest BCUT2D eigenvalue weighted by Crippen LogP contribution is -1.89. The molecule has 0 aromatic carbocycles. The predicted octanol–water partition coefficient (Wildman–Crippen LogP) is 1.22. The van der Waals surface area contributed by atoms with Gasteiger partial charge in [0.1, 0.15) is 4.88 Å². The van der Waals surface area contributed by atoms with E-state index in [1.54, 1.807) is 12.1 Å². The molecule has 0 spiro atoms. The Morgan fingerprint density at radius 1 is 1.36 bits per heavy atom. The molecule has 0 aliphatic heterocycles. The minimum atomic E-state index is -0.936. The Kier molecular flexibility index (Phi) is 3.30. The fourth-order valence-corrected chi connectivity index (χ4v) is 1.78. The van der Waals surface area contributed by atoms with E-state index in [9.17, 15) is 4.79 Å². The van der Waals surface area contributed by atoms with Gasteiger partial charge in [-0.25, -0.2) is 4.79 Å². The van der Waals surface area contributed by atoms with E-state index in [2.05, 4.69) is 0 Å². The molecule has 1 heterocycles. The minimum Gasteiger partial charge on any atom is -0.477 e. The first-order valence-electron chi connectivity index (χ1n) is 3.82. The molecule has 0 amide bonds. The van der Waals surface area contributed by atoms with E-state index in [0.29, 0.717) is 5.57 Å². The lowest BCUT2D eigenvalue weighted by molar-refractivity contribution is 0.0702. The Balaban J connectivity index is 3.01. The molecule has 0 aliphatic carbocycles. The molecule has 0 saturated carbocycles. The van der Waals surface area contributed by atoms with E-state index in [1.807, 2.05) is 0 Å². The van der Waals surface area contributed by atoms with E-state index >= 15 is 0 Å². The minimum absolute atomic E-state index is 0.282. The second-order valence-electron chi connectivity index (χ2n) is 2.45. The summed E-state index contributed by atoms with van der Waals surface area (Å²) >= 11 is 1.16. The first kappa shape index (κ1) is 10.3. The molecular weight excluding hydrogens is 200 g/mol. The van der Waals surface area contributed by atoms with E-state index in [0.717, 1.165) is 16.2 Å². The van der Waals surface area contributed by atoms with E-state index in [-0.39, 0.29) is 4.88 Å². The highest BCUT2D eigenvalue weighted by atomic mass is 32.1. The molecule has 4 nitrogen and oxygen atoms in total. The molecular formula is C9H10N2O2S. The van der Waals surface area contributed by atoms with Crippen molar-refractivity contribution in [1.82, 2.24) is 0 Å². The normalized spacial score (nSPS) is 12.1. The summed E-state index contributed by atoms with van der Waals surface area (Å²) in [5.41, 5.74) is 11.3. The highest BCUT2D eigenvalue weighted by molar-refractivity contribution is 7.15. The van der Waals surface area contributed by atoms with Gasteiger partial charge in [-0.2, -0.15) is 0 Å². The molecule has 0 fully saturated rings. The molecule has 0 unspecified atom stereocenters. The number of thiophene rings is 1. The van der Waals surface area contributed by atoms with Gasteiger partial charge in [-0.15, -0.1) is 11.3 Å². The summed E-state index contributed by atoms with van der Waals surface area (Å²) in [6.07, 6.45) is 4.37. The van der Waals surface area contributed by atoms with Crippen molar-refractivity contribution in [3.8, 4) is 0 Å². The van der Waals surface area contributed by atoms with Crippen LogP contribution in [0.3, 0.4) is 0 Å². The second-order valence-corrected chi connectivity index (χ2v) is 3.53. The van der Waals surface area contributed by atoms with Crippen LogP contribution in [0, 0.1) is 0 Å². The van der Waals surface area contributed by atoms with Crippen LogP contribution >= 0.6 is 11.3 Å². The summed E-state index contributed by atoms with van der Waals surface area (Å²) in [7, 11) is 0. The van der Waals surface area contributed by atoms with Crippen molar-refractivity contribution in [3.63, 3.8) is 0 Å². The summed E-state index contributed by atoms with van der Waals surface area (Å²) in [6, 6.07) is 3.24. The van der Waals surface area contributed by atoms with E-state index < -0.39 is 5.97 Å². The summed E-state index contributed by atoms with van der Waals surface area (Å²) < 4.78 is 0. The van der Waals surface area contributed by atoms with Crippen molar-refractivity contribution in [3.05, 3.63) is 40.4 Å². The van der Waals surface area contributed by atoms with Gasteiger partial charge in [-0.3, -0.25) is 0 Å². The maximum absolute atomic E-state index is 10.6. The molecule has 14 heavy (non-hydrogen) atoms. The third-order valence-corrected chi connectivity index (χ3v) is 2.68. The van der Waals surface area contributed by atoms with E-state index in [1.165, 1.54) is 18.5 Å². The average molecular weight is 210 g/mol. The predicted molar refractivity (Wildman–Crippen MR) is 56.8 cm³/mol. The number of allylic oxidation sites excluding steroid dienone is 2.